The van der Waals surface area contributed by atoms with Gasteiger partial charge in [-0.05, 0) is 73.3 Å². The Balaban J connectivity index is 1.26. The Morgan fingerprint density at radius 2 is 2.15 bits per heavy atom. The van der Waals surface area contributed by atoms with Gasteiger partial charge in [0.15, 0.2) is 0 Å². The third-order valence-corrected chi connectivity index (χ3v) is 9.80. The van der Waals surface area contributed by atoms with Crippen molar-refractivity contribution in [2.24, 2.45) is 0 Å². The zero-order chi connectivity index (χ0) is 22.9. The maximum Gasteiger partial charge on any atom is 0.145 e. The van der Waals surface area contributed by atoms with E-state index in [0.29, 0.717) is 5.15 Å². The van der Waals surface area contributed by atoms with Crippen molar-refractivity contribution in [2.45, 2.75) is 38.7 Å². The number of pyridine rings is 1. The molecule has 0 saturated heterocycles. The first-order valence-electron chi connectivity index (χ1n) is 11.7. The Kier molecular flexibility index (Phi) is 6.59. The maximum atomic E-state index is 9.79. The number of ether oxygens (including phenoxy) is 1. The monoisotopic (exact) mass is 485 g/mol. The van der Waals surface area contributed by atoms with Gasteiger partial charge in [-0.15, -0.1) is 0 Å². The molecule has 1 aromatic heterocycles. The summed E-state index contributed by atoms with van der Waals surface area (Å²) in [5, 5.41) is 10.3. The number of aliphatic hydroxyl groups excluding tert-OH is 1. The van der Waals surface area contributed by atoms with Gasteiger partial charge in [-0.3, -0.25) is 0 Å². The van der Waals surface area contributed by atoms with Crippen LogP contribution in [0, 0.1) is 0 Å². The van der Waals surface area contributed by atoms with E-state index in [0.717, 1.165) is 55.0 Å². The topological polar surface area (TPSA) is 48.8 Å². The van der Waals surface area contributed by atoms with E-state index in [9.17, 15) is 5.11 Å². The summed E-state index contributed by atoms with van der Waals surface area (Å²) in [6.07, 6.45) is 16.7. The van der Waals surface area contributed by atoms with Crippen LogP contribution >= 0.6 is 22.7 Å². The molecule has 1 aromatic rings. The highest BCUT2D eigenvalue weighted by Crippen LogP contribution is 2.45. The van der Waals surface area contributed by atoms with Crippen LogP contribution < -0.4 is 4.74 Å². The zero-order valence-corrected chi connectivity index (χ0v) is 20.9. The number of rotatable bonds is 4. The third kappa shape index (κ3) is 4.75. The van der Waals surface area contributed by atoms with Crippen LogP contribution in [0.4, 0.5) is 0 Å². The van der Waals surface area contributed by atoms with Crippen molar-refractivity contribution < 1.29 is 9.84 Å². The second-order valence-corrected chi connectivity index (χ2v) is 11.7. The minimum atomic E-state index is -0.238. The number of halogens is 1. The summed E-state index contributed by atoms with van der Waals surface area (Å²) in [6, 6.07) is 1.88. The van der Waals surface area contributed by atoms with E-state index in [1.165, 1.54) is 29.1 Å². The van der Waals surface area contributed by atoms with Crippen LogP contribution in [-0.2, 0) is 0 Å². The minimum Gasteiger partial charge on any atom is -0.494 e. The van der Waals surface area contributed by atoms with Gasteiger partial charge in [-0.2, -0.15) is 11.1 Å². The molecule has 0 amide bonds. The fourth-order valence-electron chi connectivity index (χ4n) is 5.09. The summed E-state index contributed by atoms with van der Waals surface area (Å²) in [5.41, 5.74) is 7.95. The number of hydrogen-bond acceptors (Lipinski definition) is 5. The molecule has 33 heavy (non-hydrogen) atoms. The highest BCUT2D eigenvalue weighted by atomic mass is 35.5. The molecule has 3 aliphatic heterocycles. The minimum absolute atomic E-state index is 0.164. The summed E-state index contributed by atoms with van der Waals surface area (Å²) in [7, 11) is 1.67. The second kappa shape index (κ2) is 9.61. The van der Waals surface area contributed by atoms with Crippen LogP contribution in [0.3, 0.4) is 0 Å². The van der Waals surface area contributed by atoms with Crippen LogP contribution in [0.25, 0.3) is 5.57 Å². The zero-order valence-electron chi connectivity index (χ0n) is 19.3. The molecule has 0 spiro atoms. The first-order chi connectivity index (χ1) is 16.0. The Morgan fingerprint density at radius 1 is 1.27 bits per heavy atom. The van der Waals surface area contributed by atoms with Crippen molar-refractivity contribution in [1.82, 2.24) is 14.2 Å². The molecule has 7 heteroatoms. The predicted molar refractivity (Wildman–Crippen MR) is 138 cm³/mol. The van der Waals surface area contributed by atoms with E-state index >= 15 is 0 Å². The quantitative estimate of drug-likeness (QED) is 0.452. The summed E-state index contributed by atoms with van der Waals surface area (Å²) in [5.74, 6) is 3.15. The SMILES string of the molecule is COc1cnc(Cl)cc1C1=CCN([SH]2CCC3=C(C=CN(C4=CC[C@@H](O)CC4)C3)C2)C(C)=C1. The van der Waals surface area contributed by atoms with E-state index in [4.69, 9.17) is 16.3 Å². The van der Waals surface area contributed by atoms with Crippen LogP contribution in [0.15, 0.2) is 65.3 Å². The van der Waals surface area contributed by atoms with Crippen molar-refractivity contribution in [3.63, 3.8) is 0 Å². The molecule has 2 atom stereocenters. The van der Waals surface area contributed by atoms with Crippen LogP contribution in [0.5, 0.6) is 5.75 Å². The Bertz CT molecular complexity index is 1090. The van der Waals surface area contributed by atoms with E-state index in [-0.39, 0.29) is 17.2 Å². The fourth-order valence-corrected chi connectivity index (χ4v) is 7.89. The first kappa shape index (κ1) is 22.6. The lowest BCUT2D eigenvalue weighted by molar-refractivity contribution is 0.157. The molecule has 4 aliphatic rings. The van der Waals surface area contributed by atoms with Crippen molar-refractivity contribution in [2.75, 3.05) is 31.7 Å². The van der Waals surface area contributed by atoms with Crippen LogP contribution in [-0.4, -0.2) is 57.1 Å². The first-order valence-corrected chi connectivity index (χ1v) is 13.7. The summed E-state index contributed by atoms with van der Waals surface area (Å²) in [6.45, 7) is 4.15. The molecule has 0 radical (unpaired) electrons. The van der Waals surface area contributed by atoms with Crippen LogP contribution in [0.2, 0.25) is 5.15 Å². The lowest BCUT2D eigenvalue weighted by atomic mass is 9.98. The van der Waals surface area contributed by atoms with Crippen molar-refractivity contribution in [3.05, 3.63) is 76.0 Å². The number of allylic oxidation sites excluding steroid dienone is 5. The van der Waals surface area contributed by atoms with Gasteiger partial charge in [0.25, 0.3) is 0 Å². The third-order valence-electron chi connectivity index (χ3n) is 6.99. The van der Waals surface area contributed by atoms with Crippen molar-refractivity contribution >= 4 is 28.3 Å². The van der Waals surface area contributed by atoms with E-state index in [1.54, 1.807) is 18.9 Å². The molecule has 176 valence electrons. The molecular weight excluding hydrogens is 454 g/mol. The summed E-state index contributed by atoms with van der Waals surface area (Å²) >= 11 is 5.92. The molecule has 0 saturated carbocycles. The molecule has 1 N–H and O–H groups in total. The molecule has 5 nitrogen and oxygen atoms in total. The van der Waals surface area contributed by atoms with Gasteiger partial charge < -0.3 is 19.0 Å². The molecule has 4 heterocycles. The predicted octanol–water partition coefficient (Wildman–Crippen LogP) is 5.22. The fraction of sp³-hybridized carbons (Fsp3) is 0.423. The largest absolute Gasteiger partial charge is 0.494 e. The average Bonchev–Trinajstić information content (AvgIpc) is 2.84. The second-order valence-electron chi connectivity index (χ2n) is 9.07. The molecule has 0 fully saturated rings. The molecular formula is C26H32ClN3O2S. The van der Waals surface area contributed by atoms with Crippen molar-refractivity contribution in [1.29, 1.82) is 0 Å². The van der Waals surface area contributed by atoms with Gasteiger partial charge in [-0.1, -0.05) is 23.8 Å². The maximum absolute atomic E-state index is 9.79. The van der Waals surface area contributed by atoms with Gasteiger partial charge in [-0.25, -0.2) is 4.98 Å². The smallest absolute Gasteiger partial charge is 0.145 e. The lowest BCUT2D eigenvalue weighted by Gasteiger charge is -2.43. The number of aromatic nitrogens is 1. The molecule has 5 rings (SSSR count). The van der Waals surface area contributed by atoms with Crippen LogP contribution in [0.1, 0.15) is 38.2 Å². The van der Waals surface area contributed by atoms with Crippen molar-refractivity contribution in [3.8, 4) is 5.75 Å². The number of thiol groups is 1. The van der Waals surface area contributed by atoms with Gasteiger partial charge >= 0.3 is 0 Å². The highest BCUT2D eigenvalue weighted by Gasteiger charge is 2.27. The summed E-state index contributed by atoms with van der Waals surface area (Å²) in [4.78, 5) is 6.54. The molecule has 1 unspecified atom stereocenters. The highest BCUT2D eigenvalue weighted by molar-refractivity contribution is 8.15. The molecule has 0 aromatic carbocycles. The number of methoxy groups -OCH3 is 1. The Labute approximate surface area is 204 Å². The average molecular weight is 486 g/mol. The number of hydrogen-bond donors (Lipinski definition) is 2. The standard InChI is InChI=1S/C26H32ClN3O2S/c1-18-13-19(24-14-26(27)28-15-25(24)32-2)8-11-30(18)33-12-9-20-16-29(10-7-21(20)17-33)22-3-5-23(31)6-4-22/h3,7-8,10,13-15,23,31,33H,4-6,9,11-12,16-17H2,1-2H3/t23-/m1/s1. The normalized spacial score (nSPS) is 26.5. The number of aliphatic hydroxyl groups is 1. The van der Waals surface area contributed by atoms with Gasteiger partial charge in [0.05, 0.1) is 19.4 Å². The van der Waals surface area contributed by atoms with Gasteiger partial charge in [0.1, 0.15) is 10.9 Å². The van der Waals surface area contributed by atoms with E-state index in [2.05, 4.69) is 51.6 Å². The lowest BCUT2D eigenvalue weighted by Crippen LogP contribution is -2.31. The van der Waals surface area contributed by atoms with E-state index in [1.807, 2.05) is 6.07 Å². The van der Waals surface area contributed by atoms with E-state index < -0.39 is 0 Å². The molecule has 1 aliphatic carbocycles. The van der Waals surface area contributed by atoms with Gasteiger partial charge in [0, 0.05) is 42.0 Å². The molecule has 0 bridgehead atoms. The van der Waals surface area contributed by atoms with Gasteiger partial charge in [0.2, 0.25) is 0 Å². The Morgan fingerprint density at radius 3 is 2.91 bits per heavy atom. The summed E-state index contributed by atoms with van der Waals surface area (Å²) < 4.78 is 8.11. The Hall–Kier alpha value is -2.15. The number of nitrogens with zero attached hydrogens (tertiary/aromatic N) is 3.